The van der Waals surface area contributed by atoms with E-state index in [0.717, 1.165) is 43.9 Å². The molecule has 0 saturated carbocycles. The van der Waals surface area contributed by atoms with Crippen LogP contribution in [0.3, 0.4) is 0 Å². The number of ether oxygens (including phenoxy) is 2. The molecule has 0 bridgehead atoms. The third kappa shape index (κ3) is 15.4. The molecule has 0 atom stereocenters. The van der Waals surface area contributed by atoms with E-state index in [2.05, 4.69) is 21.9 Å². The highest BCUT2D eigenvalue weighted by Crippen LogP contribution is 2.08. The van der Waals surface area contributed by atoms with Gasteiger partial charge in [-0.1, -0.05) is 48.0 Å². The Bertz CT molecular complexity index is 261. The molecule has 0 amide bonds. The van der Waals surface area contributed by atoms with Crippen molar-refractivity contribution in [2.75, 3.05) is 18.5 Å². The first kappa shape index (κ1) is 19.3. The molecule has 0 spiro atoms. The quantitative estimate of drug-likeness (QED) is 0.202. The summed E-state index contributed by atoms with van der Waals surface area (Å²) in [6.07, 6.45) is 15.5. The molecule has 20 heavy (non-hydrogen) atoms. The zero-order valence-corrected chi connectivity index (χ0v) is 14.0. The van der Waals surface area contributed by atoms with Gasteiger partial charge in [0.2, 0.25) is 0 Å². The molecule has 0 aromatic carbocycles. The predicted octanol–water partition coefficient (Wildman–Crippen LogP) is 5.07. The van der Waals surface area contributed by atoms with E-state index < -0.39 is 6.16 Å². The van der Waals surface area contributed by atoms with E-state index in [1.807, 2.05) is 0 Å². The van der Waals surface area contributed by atoms with Gasteiger partial charge in [-0.05, 0) is 25.7 Å². The van der Waals surface area contributed by atoms with Crippen molar-refractivity contribution in [3.63, 3.8) is 0 Å². The van der Waals surface area contributed by atoms with Crippen LogP contribution in [0.2, 0.25) is 0 Å². The molecule has 0 heterocycles. The van der Waals surface area contributed by atoms with Crippen LogP contribution >= 0.6 is 15.9 Å². The summed E-state index contributed by atoms with van der Waals surface area (Å²) < 4.78 is 9.92. The Morgan fingerprint density at radius 1 is 0.850 bits per heavy atom. The molecule has 3 nitrogen and oxygen atoms in total. The maximum absolute atomic E-state index is 11.2. The highest BCUT2D eigenvalue weighted by atomic mass is 79.9. The fraction of sp³-hybridized carbons (Fsp3) is 0.812. The molecule has 0 unspecified atom stereocenters. The van der Waals surface area contributed by atoms with Crippen molar-refractivity contribution in [3.8, 4) is 12.3 Å². The van der Waals surface area contributed by atoms with Gasteiger partial charge in [-0.3, -0.25) is 0 Å². The third-order valence-corrected chi connectivity index (χ3v) is 3.49. The van der Waals surface area contributed by atoms with Gasteiger partial charge in [0.05, 0.1) is 13.2 Å². The summed E-state index contributed by atoms with van der Waals surface area (Å²) in [5.74, 6) is 2.66. The van der Waals surface area contributed by atoms with Crippen molar-refractivity contribution < 1.29 is 14.3 Å². The van der Waals surface area contributed by atoms with Crippen LogP contribution in [-0.2, 0) is 9.47 Å². The van der Waals surface area contributed by atoms with Crippen molar-refractivity contribution in [1.29, 1.82) is 0 Å². The fourth-order valence-electron chi connectivity index (χ4n) is 1.76. The number of terminal acetylenes is 1. The van der Waals surface area contributed by atoms with Crippen LogP contribution in [-0.4, -0.2) is 24.7 Å². The number of unbranched alkanes of at least 4 members (excludes halogenated alkanes) is 8. The molecular formula is C16H27BrO3. The third-order valence-electron chi connectivity index (χ3n) is 2.93. The van der Waals surface area contributed by atoms with E-state index in [0.29, 0.717) is 13.2 Å². The van der Waals surface area contributed by atoms with Gasteiger partial charge in [0.15, 0.2) is 0 Å². The van der Waals surface area contributed by atoms with Gasteiger partial charge in [0.25, 0.3) is 0 Å². The average Bonchev–Trinajstić information content (AvgIpc) is 2.45. The maximum atomic E-state index is 11.2. The van der Waals surface area contributed by atoms with Crippen molar-refractivity contribution in [2.24, 2.45) is 0 Å². The molecule has 0 rings (SSSR count). The second-order valence-electron chi connectivity index (χ2n) is 4.77. The lowest BCUT2D eigenvalue weighted by Crippen LogP contribution is -2.09. The van der Waals surface area contributed by atoms with Crippen LogP contribution in [0.25, 0.3) is 0 Å². The number of alkyl halides is 1. The van der Waals surface area contributed by atoms with Crippen molar-refractivity contribution in [1.82, 2.24) is 0 Å². The van der Waals surface area contributed by atoms with Crippen LogP contribution in [0.4, 0.5) is 4.79 Å². The highest BCUT2D eigenvalue weighted by Gasteiger charge is 2.02. The van der Waals surface area contributed by atoms with E-state index >= 15 is 0 Å². The first-order chi connectivity index (χ1) is 9.81. The topological polar surface area (TPSA) is 35.5 Å². The smallest absolute Gasteiger partial charge is 0.434 e. The SMILES string of the molecule is C#CCCCCCCCCCOC(=O)OCCCCBr. The van der Waals surface area contributed by atoms with E-state index in [9.17, 15) is 4.79 Å². The largest absolute Gasteiger partial charge is 0.508 e. The monoisotopic (exact) mass is 346 g/mol. The second-order valence-corrected chi connectivity index (χ2v) is 5.57. The van der Waals surface area contributed by atoms with Crippen LogP contribution in [0.1, 0.15) is 64.2 Å². The normalized spacial score (nSPS) is 10.0. The first-order valence-electron chi connectivity index (χ1n) is 7.60. The van der Waals surface area contributed by atoms with Crippen molar-refractivity contribution >= 4 is 22.1 Å². The summed E-state index contributed by atoms with van der Waals surface area (Å²) in [5.41, 5.74) is 0. The number of hydrogen-bond donors (Lipinski definition) is 0. The second kappa shape index (κ2) is 16.4. The average molecular weight is 347 g/mol. The number of carbonyl (C=O) groups excluding carboxylic acids is 1. The Morgan fingerprint density at radius 3 is 1.90 bits per heavy atom. The number of hydrogen-bond acceptors (Lipinski definition) is 3. The van der Waals surface area contributed by atoms with Crippen LogP contribution < -0.4 is 0 Å². The molecule has 0 fully saturated rings. The molecule has 0 aliphatic rings. The molecule has 0 aliphatic carbocycles. The highest BCUT2D eigenvalue weighted by molar-refractivity contribution is 9.09. The van der Waals surface area contributed by atoms with Gasteiger partial charge in [-0.15, -0.1) is 12.3 Å². The molecular weight excluding hydrogens is 320 g/mol. The lowest BCUT2D eigenvalue weighted by Gasteiger charge is -2.05. The van der Waals surface area contributed by atoms with Gasteiger partial charge in [-0.25, -0.2) is 4.79 Å². The summed E-state index contributed by atoms with van der Waals surface area (Å²) in [6, 6.07) is 0. The number of halogens is 1. The minimum absolute atomic E-state index is 0.447. The maximum Gasteiger partial charge on any atom is 0.508 e. The Balaban J connectivity index is 3.11. The number of rotatable bonds is 13. The van der Waals surface area contributed by atoms with E-state index in [1.54, 1.807) is 0 Å². The first-order valence-corrected chi connectivity index (χ1v) is 8.72. The summed E-state index contributed by atoms with van der Waals surface area (Å²) in [7, 11) is 0. The molecule has 0 N–H and O–H groups in total. The molecule has 0 aliphatic heterocycles. The molecule has 0 radical (unpaired) electrons. The predicted molar refractivity (Wildman–Crippen MR) is 86.1 cm³/mol. The van der Waals surface area contributed by atoms with E-state index in [4.69, 9.17) is 15.9 Å². The van der Waals surface area contributed by atoms with Gasteiger partial charge in [-0.2, -0.15) is 0 Å². The van der Waals surface area contributed by atoms with Gasteiger partial charge < -0.3 is 9.47 Å². The fourth-order valence-corrected chi connectivity index (χ4v) is 2.16. The van der Waals surface area contributed by atoms with Gasteiger partial charge in [0, 0.05) is 11.8 Å². The zero-order chi connectivity index (χ0) is 14.9. The zero-order valence-electron chi connectivity index (χ0n) is 12.4. The van der Waals surface area contributed by atoms with Gasteiger partial charge >= 0.3 is 6.16 Å². The molecule has 0 saturated heterocycles. The summed E-state index contributed by atoms with van der Waals surface area (Å²) in [5, 5.41) is 0.939. The Hall–Kier alpha value is -0.690. The minimum atomic E-state index is -0.533. The lowest BCUT2D eigenvalue weighted by molar-refractivity contribution is 0.0533. The van der Waals surface area contributed by atoms with Crippen molar-refractivity contribution in [3.05, 3.63) is 0 Å². The molecule has 0 aromatic rings. The summed E-state index contributed by atoms with van der Waals surface area (Å²) in [6.45, 7) is 0.913. The van der Waals surface area contributed by atoms with Crippen LogP contribution in [0, 0.1) is 12.3 Å². The minimum Gasteiger partial charge on any atom is -0.434 e. The molecule has 4 heteroatoms. The molecule has 116 valence electrons. The summed E-state index contributed by atoms with van der Waals surface area (Å²) in [4.78, 5) is 11.2. The van der Waals surface area contributed by atoms with Crippen molar-refractivity contribution in [2.45, 2.75) is 64.2 Å². The van der Waals surface area contributed by atoms with Crippen LogP contribution in [0.5, 0.6) is 0 Å². The summed E-state index contributed by atoms with van der Waals surface area (Å²) >= 11 is 3.33. The Morgan fingerprint density at radius 2 is 1.35 bits per heavy atom. The Labute approximate surface area is 131 Å². The molecule has 0 aromatic heterocycles. The van der Waals surface area contributed by atoms with Gasteiger partial charge in [0.1, 0.15) is 0 Å². The van der Waals surface area contributed by atoms with E-state index in [1.165, 1.54) is 25.7 Å². The Kier molecular flexibility index (Phi) is 15.8. The van der Waals surface area contributed by atoms with E-state index in [-0.39, 0.29) is 0 Å². The van der Waals surface area contributed by atoms with Crippen LogP contribution in [0.15, 0.2) is 0 Å². The standard InChI is InChI=1S/C16H27BrO3/c1-2-3-4-5-6-7-8-9-11-14-19-16(18)20-15-12-10-13-17/h1H,3-15H2. The lowest BCUT2D eigenvalue weighted by atomic mass is 10.1. The number of carbonyl (C=O) groups is 1.